The molecule has 0 bridgehead atoms. The van der Waals surface area contributed by atoms with E-state index in [9.17, 15) is 16.8 Å². The highest BCUT2D eigenvalue weighted by Crippen LogP contribution is 2.27. The van der Waals surface area contributed by atoms with Gasteiger partial charge in [-0.2, -0.15) is 8.61 Å². The van der Waals surface area contributed by atoms with Gasteiger partial charge in [0.05, 0.1) is 9.79 Å². The van der Waals surface area contributed by atoms with Gasteiger partial charge < -0.3 is 0 Å². The molecule has 6 nitrogen and oxygen atoms in total. The fraction of sp³-hybridized carbons (Fsp3) is 0.368. The number of piperazine rings is 1. The van der Waals surface area contributed by atoms with Crippen molar-refractivity contribution in [3.05, 3.63) is 58.1 Å². The zero-order chi connectivity index (χ0) is 20.7. The summed E-state index contributed by atoms with van der Waals surface area (Å²) in [5.41, 5.74) is 2.41. The maximum atomic E-state index is 13.1. The molecule has 1 aliphatic rings. The number of benzene rings is 2. The van der Waals surface area contributed by atoms with Gasteiger partial charge in [-0.25, -0.2) is 16.8 Å². The van der Waals surface area contributed by atoms with Crippen molar-refractivity contribution in [3.8, 4) is 0 Å². The standard InChI is InChI=1S/C19H23ClN2O4S2/c1-14-12-15(2)19(16(3)13-14)28(25,26)22-10-8-21(9-11-22)27(23,24)18-6-4-17(20)5-7-18/h4-7,12-13H,8-11H2,1-3H3. The van der Waals surface area contributed by atoms with Crippen molar-refractivity contribution in [2.75, 3.05) is 26.2 Å². The minimum Gasteiger partial charge on any atom is -0.207 e. The summed E-state index contributed by atoms with van der Waals surface area (Å²) in [6.07, 6.45) is 0. The third-order valence-corrected chi connectivity index (χ3v) is 9.22. The third kappa shape index (κ3) is 3.97. The molecule has 2 aromatic rings. The van der Waals surface area contributed by atoms with Crippen molar-refractivity contribution in [3.63, 3.8) is 0 Å². The fourth-order valence-electron chi connectivity index (χ4n) is 3.61. The molecule has 152 valence electrons. The molecule has 1 fully saturated rings. The van der Waals surface area contributed by atoms with E-state index in [0.717, 1.165) is 5.56 Å². The first-order valence-corrected chi connectivity index (χ1v) is 12.1. The predicted octanol–water partition coefficient (Wildman–Crippen LogP) is 2.96. The topological polar surface area (TPSA) is 74.8 Å². The molecule has 0 aromatic heterocycles. The highest BCUT2D eigenvalue weighted by molar-refractivity contribution is 7.89. The molecule has 0 spiro atoms. The molecular formula is C19H23ClN2O4S2. The summed E-state index contributed by atoms with van der Waals surface area (Å²) in [6.45, 7) is 5.94. The van der Waals surface area contributed by atoms with Crippen molar-refractivity contribution >= 4 is 31.6 Å². The lowest BCUT2D eigenvalue weighted by atomic mass is 10.1. The van der Waals surface area contributed by atoms with Crippen molar-refractivity contribution in [1.82, 2.24) is 8.61 Å². The molecule has 0 N–H and O–H groups in total. The van der Waals surface area contributed by atoms with Crippen LogP contribution in [0.5, 0.6) is 0 Å². The van der Waals surface area contributed by atoms with Gasteiger partial charge in [0.15, 0.2) is 0 Å². The summed E-state index contributed by atoms with van der Waals surface area (Å²) in [7, 11) is -7.37. The zero-order valence-electron chi connectivity index (χ0n) is 16.0. The molecule has 0 unspecified atom stereocenters. The highest BCUT2D eigenvalue weighted by Gasteiger charge is 2.35. The van der Waals surface area contributed by atoms with Crippen molar-refractivity contribution in [2.24, 2.45) is 0 Å². The second kappa shape index (κ2) is 7.76. The Labute approximate surface area is 171 Å². The van der Waals surface area contributed by atoms with Gasteiger partial charge in [-0.3, -0.25) is 0 Å². The lowest BCUT2D eigenvalue weighted by Crippen LogP contribution is -2.50. The quantitative estimate of drug-likeness (QED) is 0.729. The van der Waals surface area contributed by atoms with Crippen LogP contribution in [0.4, 0.5) is 0 Å². The van der Waals surface area contributed by atoms with Crippen molar-refractivity contribution in [2.45, 2.75) is 30.6 Å². The average Bonchev–Trinajstić information content (AvgIpc) is 2.61. The van der Waals surface area contributed by atoms with Crippen LogP contribution in [-0.4, -0.2) is 51.6 Å². The van der Waals surface area contributed by atoms with Crippen LogP contribution in [0.2, 0.25) is 5.02 Å². The van der Waals surface area contributed by atoms with E-state index in [1.165, 1.54) is 32.9 Å². The van der Waals surface area contributed by atoms with Crippen LogP contribution in [0.3, 0.4) is 0 Å². The van der Waals surface area contributed by atoms with Crippen LogP contribution in [0.25, 0.3) is 0 Å². The Bertz CT molecular complexity index is 1070. The Morgan fingerprint density at radius 2 is 1.18 bits per heavy atom. The average molecular weight is 443 g/mol. The number of halogens is 1. The maximum Gasteiger partial charge on any atom is 0.243 e. The molecule has 28 heavy (non-hydrogen) atoms. The van der Waals surface area contributed by atoms with Gasteiger partial charge in [0.1, 0.15) is 0 Å². The van der Waals surface area contributed by atoms with E-state index in [1.54, 1.807) is 13.8 Å². The number of hydrogen-bond acceptors (Lipinski definition) is 4. The number of sulfonamides is 2. The van der Waals surface area contributed by atoms with Gasteiger partial charge in [0.25, 0.3) is 0 Å². The summed E-state index contributed by atoms with van der Waals surface area (Å²) < 4.78 is 54.5. The van der Waals surface area contributed by atoms with Crippen LogP contribution in [0.15, 0.2) is 46.2 Å². The molecule has 9 heteroatoms. The summed E-state index contributed by atoms with van der Waals surface area (Å²) in [6, 6.07) is 9.66. The Kier molecular flexibility index (Phi) is 5.89. The first-order valence-electron chi connectivity index (χ1n) is 8.87. The van der Waals surface area contributed by atoms with Crippen LogP contribution in [-0.2, 0) is 20.0 Å². The third-order valence-electron chi connectivity index (χ3n) is 4.85. The van der Waals surface area contributed by atoms with E-state index < -0.39 is 20.0 Å². The van der Waals surface area contributed by atoms with Gasteiger partial charge in [-0.1, -0.05) is 29.3 Å². The SMILES string of the molecule is Cc1cc(C)c(S(=O)(=O)N2CCN(S(=O)(=O)c3ccc(Cl)cc3)CC2)c(C)c1. The van der Waals surface area contributed by atoms with Crippen molar-refractivity contribution < 1.29 is 16.8 Å². The molecular weight excluding hydrogens is 420 g/mol. The van der Waals surface area contributed by atoms with Crippen LogP contribution < -0.4 is 0 Å². The molecule has 1 aliphatic heterocycles. The van der Waals surface area contributed by atoms with Gasteiger partial charge >= 0.3 is 0 Å². The first-order chi connectivity index (χ1) is 13.0. The van der Waals surface area contributed by atoms with Crippen LogP contribution in [0.1, 0.15) is 16.7 Å². The van der Waals surface area contributed by atoms with E-state index in [0.29, 0.717) is 21.0 Å². The lowest BCUT2D eigenvalue weighted by molar-refractivity contribution is 0.272. The van der Waals surface area contributed by atoms with E-state index in [1.807, 2.05) is 19.1 Å². The normalized spacial score (nSPS) is 17.0. The first kappa shape index (κ1) is 21.3. The van der Waals surface area contributed by atoms with E-state index in [2.05, 4.69) is 0 Å². The monoisotopic (exact) mass is 442 g/mol. The zero-order valence-corrected chi connectivity index (χ0v) is 18.4. The number of hydrogen-bond donors (Lipinski definition) is 0. The summed E-state index contributed by atoms with van der Waals surface area (Å²) in [4.78, 5) is 0.463. The van der Waals surface area contributed by atoms with Gasteiger partial charge in [0, 0.05) is 31.2 Å². The molecule has 0 amide bonds. The lowest BCUT2D eigenvalue weighted by Gasteiger charge is -2.33. The Morgan fingerprint density at radius 1 is 0.750 bits per heavy atom. The largest absolute Gasteiger partial charge is 0.243 e. The summed E-state index contributed by atoms with van der Waals surface area (Å²) in [5, 5.41) is 0.457. The van der Waals surface area contributed by atoms with E-state index >= 15 is 0 Å². The van der Waals surface area contributed by atoms with Crippen LogP contribution >= 0.6 is 11.6 Å². The second-order valence-electron chi connectivity index (χ2n) is 6.99. The van der Waals surface area contributed by atoms with E-state index in [-0.39, 0.29) is 31.1 Å². The molecule has 2 aromatic carbocycles. The smallest absolute Gasteiger partial charge is 0.207 e. The molecule has 0 radical (unpaired) electrons. The van der Waals surface area contributed by atoms with Crippen molar-refractivity contribution in [1.29, 1.82) is 0 Å². The molecule has 1 saturated heterocycles. The number of rotatable bonds is 4. The summed E-state index contributed by atoms with van der Waals surface area (Å²) >= 11 is 5.83. The molecule has 0 saturated carbocycles. The number of nitrogens with zero attached hydrogens (tertiary/aromatic N) is 2. The second-order valence-corrected chi connectivity index (χ2v) is 11.2. The van der Waals surface area contributed by atoms with Crippen LogP contribution in [0, 0.1) is 20.8 Å². The number of aryl methyl sites for hydroxylation is 3. The summed E-state index contributed by atoms with van der Waals surface area (Å²) in [5.74, 6) is 0. The molecule has 0 aliphatic carbocycles. The van der Waals surface area contributed by atoms with Gasteiger partial charge in [-0.05, 0) is 56.2 Å². The Hall–Kier alpha value is -1.45. The minimum atomic E-state index is -3.68. The Balaban J connectivity index is 1.81. The van der Waals surface area contributed by atoms with Gasteiger partial charge in [0.2, 0.25) is 20.0 Å². The maximum absolute atomic E-state index is 13.1. The molecule has 3 rings (SSSR count). The highest BCUT2D eigenvalue weighted by atomic mass is 35.5. The molecule has 0 atom stereocenters. The fourth-order valence-corrected chi connectivity index (χ4v) is 6.99. The Morgan fingerprint density at radius 3 is 1.64 bits per heavy atom. The minimum absolute atomic E-state index is 0.105. The van der Waals surface area contributed by atoms with Gasteiger partial charge in [-0.15, -0.1) is 0 Å². The molecule has 1 heterocycles. The predicted molar refractivity (Wildman–Crippen MR) is 110 cm³/mol. The van der Waals surface area contributed by atoms with E-state index in [4.69, 9.17) is 11.6 Å².